The summed E-state index contributed by atoms with van der Waals surface area (Å²) in [5.41, 5.74) is -1.58. The topological polar surface area (TPSA) is 107 Å². The molecule has 0 unspecified atom stereocenters. The molecule has 2 aliphatic heterocycles. The molecule has 5 rings (SSSR count). The number of alkyl halides is 2. The van der Waals surface area contributed by atoms with E-state index in [1.807, 2.05) is 18.7 Å². The summed E-state index contributed by atoms with van der Waals surface area (Å²) in [4.78, 5) is 37.5. The molecule has 2 saturated heterocycles. The smallest absolute Gasteiger partial charge is 0.280 e. The zero-order valence-corrected chi connectivity index (χ0v) is 23.0. The molecular formula is C27H35F2N5O3S. The highest BCUT2D eigenvalue weighted by Crippen LogP contribution is 2.44. The number of hydrogen-bond donors (Lipinski definition) is 3. The van der Waals surface area contributed by atoms with Crippen LogP contribution in [0.25, 0.3) is 10.4 Å². The van der Waals surface area contributed by atoms with E-state index in [4.69, 9.17) is 0 Å². The van der Waals surface area contributed by atoms with Gasteiger partial charge in [-0.2, -0.15) is 0 Å². The SMILES string of the molecule is CC(C)(O)CNC(=O)c1nc(C(=O)N2C3CCC2CC3)c(-c2cnc(NC(C)(C)C3CC3)cc2C(F)F)s1. The molecule has 2 aromatic rings. The molecule has 1 saturated carbocycles. The number of anilines is 1. The number of rotatable bonds is 9. The predicted molar refractivity (Wildman–Crippen MR) is 142 cm³/mol. The third kappa shape index (κ3) is 5.40. The number of aliphatic hydroxyl groups is 1. The van der Waals surface area contributed by atoms with Crippen LogP contribution in [0.2, 0.25) is 0 Å². The summed E-state index contributed by atoms with van der Waals surface area (Å²) in [6.07, 6.45) is 4.36. The number of nitrogens with zero attached hydrogens (tertiary/aromatic N) is 3. The van der Waals surface area contributed by atoms with Crippen molar-refractivity contribution in [2.24, 2.45) is 5.92 Å². The molecule has 2 bridgehead atoms. The van der Waals surface area contributed by atoms with Crippen molar-refractivity contribution >= 4 is 29.0 Å². The second-order valence-electron chi connectivity index (χ2n) is 11.9. The Balaban J connectivity index is 1.53. The summed E-state index contributed by atoms with van der Waals surface area (Å²) in [6.45, 7) is 7.15. The highest BCUT2D eigenvalue weighted by atomic mass is 32.1. The van der Waals surface area contributed by atoms with Crippen LogP contribution >= 0.6 is 11.3 Å². The number of hydrogen-bond acceptors (Lipinski definition) is 7. The van der Waals surface area contributed by atoms with E-state index in [1.165, 1.54) is 12.3 Å². The van der Waals surface area contributed by atoms with Gasteiger partial charge in [-0.25, -0.2) is 18.7 Å². The van der Waals surface area contributed by atoms with Crippen LogP contribution in [0.4, 0.5) is 14.6 Å². The molecule has 38 heavy (non-hydrogen) atoms. The summed E-state index contributed by atoms with van der Waals surface area (Å²) in [5, 5.41) is 15.9. The Morgan fingerprint density at radius 1 is 1.13 bits per heavy atom. The van der Waals surface area contributed by atoms with Crippen molar-refractivity contribution in [3.8, 4) is 10.4 Å². The monoisotopic (exact) mass is 547 g/mol. The van der Waals surface area contributed by atoms with Gasteiger partial charge in [0.15, 0.2) is 5.01 Å². The number of carbonyl (C=O) groups excluding carboxylic acids is 2. The van der Waals surface area contributed by atoms with Gasteiger partial charge in [0.05, 0.1) is 10.5 Å². The number of aromatic nitrogens is 2. The van der Waals surface area contributed by atoms with Gasteiger partial charge in [-0.15, -0.1) is 11.3 Å². The van der Waals surface area contributed by atoms with Gasteiger partial charge >= 0.3 is 0 Å². The highest BCUT2D eigenvalue weighted by Gasteiger charge is 2.44. The Labute approximate surface area is 225 Å². The molecule has 0 atom stereocenters. The average molecular weight is 548 g/mol. The van der Waals surface area contributed by atoms with E-state index < -0.39 is 17.9 Å². The molecule has 206 valence electrons. The Kier molecular flexibility index (Phi) is 6.96. The molecule has 4 heterocycles. The molecule has 0 spiro atoms. The molecule has 3 fully saturated rings. The third-order valence-corrected chi connectivity index (χ3v) is 8.94. The summed E-state index contributed by atoms with van der Waals surface area (Å²) < 4.78 is 28.8. The van der Waals surface area contributed by atoms with E-state index in [-0.39, 0.29) is 56.8 Å². The molecule has 2 amide bonds. The number of carbonyl (C=O) groups is 2. The maximum atomic E-state index is 14.4. The number of halogens is 2. The first-order valence-corrected chi connectivity index (χ1v) is 14.1. The Hall–Kier alpha value is -2.66. The van der Waals surface area contributed by atoms with Crippen molar-refractivity contribution in [3.63, 3.8) is 0 Å². The standard InChI is InChI=1S/C27H35F2N5O3S/c1-26(2,37)13-31-23(35)24-32-20(25(36)34-15-7-8-16(34)10-9-15)21(38-24)18-12-30-19(11-17(18)22(28)29)33-27(3,4)14-5-6-14/h11-12,14-16,22,37H,5-10,13H2,1-4H3,(H,30,33)(H,31,35). The van der Waals surface area contributed by atoms with Crippen LogP contribution < -0.4 is 10.6 Å². The van der Waals surface area contributed by atoms with Gasteiger partial charge in [-0.3, -0.25) is 9.59 Å². The van der Waals surface area contributed by atoms with Gasteiger partial charge in [0.1, 0.15) is 11.5 Å². The maximum absolute atomic E-state index is 14.4. The Morgan fingerprint density at radius 3 is 2.32 bits per heavy atom. The van der Waals surface area contributed by atoms with Crippen LogP contribution in [0.1, 0.15) is 98.5 Å². The normalized spacial score (nSPS) is 21.3. The molecule has 1 aliphatic carbocycles. The fraction of sp³-hybridized carbons (Fsp3) is 0.630. The summed E-state index contributed by atoms with van der Waals surface area (Å²) in [6, 6.07) is 1.56. The van der Waals surface area contributed by atoms with Crippen molar-refractivity contribution in [2.45, 2.75) is 95.9 Å². The molecule has 3 aliphatic rings. The first-order chi connectivity index (χ1) is 17.8. The molecule has 8 nitrogen and oxygen atoms in total. The Bertz CT molecular complexity index is 1220. The van der Waals surface area contributed by atoms with Crippen LogP contribution in [-0.2, 0) is 0 Å². The first-order valence-electron chi connectivity index (χ1n) is 13.2. The molecule has 3 N–H and O–H groups in total. The fourth-order valence-electron chi connectivity index (χ4n) is 5.63. The van der Waals surface area contributed by atoms with Crippen LogP contribution in [0.15, 0.2) is 12.3 Å². The van der Waals surface area contributed by atoms with Gasteiger partial charge in [0.2, 0.25) is 0 Å². The van der Waals surface area contributed by atoms with Crippen molar-refractivity contribution in [3.05, 3.63) is 28.5 Å². The van der Waals surface area contributed by atoms with Crippen molar-refractivity contribution < 1.29 is 23.5 Å². The lowest BCUT2D eigenvalue weighted by Crippen LogP contribution is -2.38. The summed E-state index contributed by atoms with van der Waals surface area (Å²) >= 11 is 0.901. The number of thiazole rings is 1. The molecule has 11 heteroatoms. The van der Waals surface area contributed by atoms with E-state index in [9.17, 15) is 23.5 Å². The number of amides is 2. The van der Waals surface area contributed by atoms with Gasteiger partial charge in [0.25, 0.3) is 18.2 Å². The van der Waals surface area contributed by atoms with Crippen LogP contribution in [0.5, 0.6) is 0 Å². The minimum Gasteiger partial charge on any atom is -0.389 e. The minimum absolute atomic E-state index is 0.00456. The van der Waals surface area contributed by atoms with Gasteiger partial charge in [-0.1, -0.05) is 0 Å². The number of fused-ring (bicyclic) bond motifs is 2. The first kappa shape index (κ1) is 26.9. The van der Waals surface area contributed by atoms with Crippen molar-refractivity contribution in [2.75, 3.05) is 11.9 Å². The van der Waals surface area contributed by atoms with Gasteiger partial charge < -0.3 is 20.6 Å². The van der Waals surface area contributed by atoms with Gasteiger partial charge in [0, 0.05) is 41.5 Å². The lowest BCUT2D eigenvalue weighted by Gasteiger charge is -2.27. The quantitative estimate of drug-likeness (QED) is 0.407. The fourth-order valence-corrected chi connectivity index (χ4v) is 6.64. The second kappa shape index (κ2) is 9.82. The largest absolute Gasteiger partial charge is 0.389 e. The van der Waals surface area contributed by atoms with E-state index in [0.29, 0.717) is 11.7 Å². The number of nitrogens with one attached hydrogen (secondary N) is 2. The van der Waals surface area contributed by atoms with E-state index in [0.717, 1.165) is 49.9 Å². The average Bonchev–Trinajstić information content (AvgIpc) is 3.35. The van der Waals surface area contributed by atoms with Crippen LogP contribution in [0.3, 0.4) is 0 Å². The molecule has 0 aromatic carbocycles. The zero-order chi connectivity index (χ0) is 27.4. The van der Waals surface area contributed by atoms with Crippen LogP contribution in [-0.4, -0.2) is 61.6 Å². The lowest BCUT2D eigenvalue weighted by atomic mass is 9.98. The van der Waals surface area contributed by atoms with Crippen molar-refractivity contribution in [1.82, 2.24) is 20.2 Å². The van der Waals surface area contributed by atoms with E-state index in [2.05, 4.69) is 20.6 Å². The predicted octanol–water partition coefficient (Wildman–Crippen LogP) is 5.01. The van der Waals surface area contributed by atoms with Crippen LogP contribution in [0, 0.1) is 5.92 Å². The third-order valence-electron chi connectivity index (χ3n) is 7.86. The molecule has 0 radical (unpaired) electrons. The Morgan fingerprint density at radius 2 is 1.76 bits per heavy atom. The second-order valence-corrected chi connectivity index (χ2v) is 12.9. The lowest BCUT2D eigenvalue weighted by molar-refractivity contribution is 0.0692. The van der Waals surface area contributed by atoms with Gasteiger partial charge in [-0.05, 0) is 78.2 Å². The van der Waals surface area contributed by atoms with Crippen molar-refractivity contribution in [1.29, 1.82) is 0 Å². The zero-order valence-electron chi connectivity index (χ0n) is 22.2. The minimum atomic E-state index is -2.82. The molecular weight excluding hydrogens is 512 g/mol. The molecule has 2 aromatic heterocycles. The number of pyridine rings is 1. The summed E-state index contributed by atoms with van der Waals surface area (Å²) in [7, 11) is 0. The van der Waals surface area contributed by atoms with E-state index in [1.54, 1.807) is 13.8 Å². The maximum Gasteiger partial charge on any atom is 0.280 e. The summed E-state index contributed by atoms with van der Waals surface area (Å²) in [5.74, 6) is -0.0949. The highest BCUT2D eigenvalue weighted by molar-refractivity contribution is 7.17. The van der Waals surface area contributed by atoms with E-state index >= 15 is 0 Å².